The number of halogens is 1. The SMILES string of the molecule is O=C(NCCSCc1ccccc1F)c1sccc1-c1ccccc1. The van der Waals surface area contributed by atoms with Crippen LogP contribution < -0.4 is 5.32 Å². The van der Waals surface area contributed by atoms with E-state index >= 15 is 0 Å². The fraction of sp³-hybridized carbons (Fsp3) is 0.150. The third kappa shape index (κ3) is 4.71. The van der Waals surface area contributed by atoms with Crippen LogP contribution in [0, 0.1) is 5.82 Å². The first-order valence-electron chi connectivity index (χ1n) is 7.98. The van der Waals surface area contributed by atoms with E-state index in [1.807, 2.05) is 47.8 Å². The summed E-state index contributed by atoms with van der Waals surface area (Å²) in [6.45, 7) is 0.560. The number of amides is 1. The number of carbonyl (C=O) groups excluding carboxylic acids is 1. The minimum Gasteiger partial charge on any atom is -0.350 e. The largest absolute Gasteiger partial charge is 0.350 e. The Labute approximate surface area is 155 Å². The molecular formula is C20H18FNOS2. The van der Waals surface area contributed by atoms with Crippen LogP contribution in [0.3, 0.4) is 0 Å². The van der Waals surface area contributed by atoms with E-state index in [0.717, 1.165) is 21.8 Å². The predicted molar refractivity (Wildman–Crippen MR) is 105 cm³/mol. The highest BCUT2D eigenvalue weighted by Gasteiger charge is 2.13. The quantitative estimate of drug-likeness (QED) is 0.577. The van der Waals surface area contributed by atoms with E-state index in [2.05, 4.69) is 5.32 Å². The molecule has 0 atom stereocenters. The Morgan fingerprint density at radius 3 is 2.60 bits per heavy atom. The number of hydrogen-bond donors (Lipinski definition) is 1. The van der Waals surface area contributed by atoms with Gasteiger partial charge in [-0.3, -0.25) is 4.79 Å². The van der Waals surface area contributed by atoms with Gasteiger partial charge in [-0.25, -0.2) is 4.39 Å². The topological polar surface area (TPSA) is 29.1 Å². The summed E-state index contributed by atoms with van der Waals surface area (Å²) in [7, 11) is 0. The van der Waals surface area contributed by atoms with Crippen LogP contribution >= 0.6 is 23.1 Å². The van der Waals surface area contributed by atoms with Gasteiger partial charge in [-0.15, -0.1) is 11.3 Å². The Bertz CT molecular complexity index is 832. The van der Waals surface area contributed by atoms with Gasteiger partial charge >= 0.3 is 0 Å². The molecule has 25 heavy (non-hydrogen) atoms. The number of hydrogen-bond acceptors (Lipinski definition) is 3. The second kappa shape index (κ2) is 8.83. The molecule has 5 heteroatoms. The van der Waals surface area contributed by atoms with Gasteiger partial charge in [0.25, 0.3) is 5.91 Å². The molecule has 128 valence electrons. The predicted octanol–water partition coefficient (Wildman–Crippen LogP) is 5.22. The molecule has 0 aliphatic rings. The minimum absolute atomic E-state index is 0.0552. The molecule has 1 N–H and O–H groups in total. The van der Waals surface area contributed by atoms with Crippen LogP contribution in [0.1, 0.15) is 15.2 Å². The van der Waals surface area contributed by atoms with E-state index in [1.165, 1.54) is 17.4 Å². The summed E-state index contributed by atoms with van der Waals surface area (Å²) in [5.74, 6) is 1.12. The van der Waals surface area contributed by atoms with Crippen LogP contribution in [0.5, 0.6) is 0 Å². The van der Waals surface area contributed by atoms with Crippen LogP contribution in [0.4, 0.5) is 4.39 Å². The molecule has 0 fully saturated rings. The summed E-state index contributed by atoms with van der Waals surface area (Å²) in [6, 6.07) is 18.7. The average molecular weight is 372 g/mol. The highest BCUT2D eigenvalue weighted by Crippen LogP contribution is 2.28. The minimum atomic E-state index is -0.176. The lowest BCUT2D eigenvalue weighted by atomic mass is 10.1. The number of thiophene rings is 1. The zero-order valence-corrected chi connectivity index (χ0v) is 15.2. The fourth-order valence-corrected chi connectivity index (χ4v) is 4.12. The van der Waals surface area contributed by atoms with Crippen molar-refractivity contribution in [2.75, 3.05) is 12.3 Å². The van der Waals surface area contributed by atoms with Crippen molar-refractivity contribution in [3.63, 3.8) is 0 Å². The Kier molecular flexibility index (Phi) is 6.25. The molecule has 0 aliphatic carbocycles. The molecule has 2 aromatic carbocycles. The van der Waals surface area contributed by atoms with Gasteiger partial charge in [0.1, 0.15) is 5.82 Å². The van der Waals surface area contributed by atoms with E-state index in [0.29, 0.717) is 17.9 Å². The molecule has 3 aromatic rings. The standard InChI is InChI=1S/C20H18FNOS2/c21-18-9-5-4-8-16(18)14-24-13-11-22-20(23)19-17(10-12-25-19)15-6-2-1-3-7-15/h1-10,12H,11,13-14H2,(H,22,23). The molecule has 0 saturated heterocycles. The highest BCUT2D eigenvalue weighted by atomic mass is 32.2. The molecular weight excluding hydrogens is 353 g/mol. The van der Waals surface area contributed by atoms with Crippen LogP contribution in [0.15, 0.2) is 66.0 Å². The van der Waals surface area contributed by atoms with Crippen molar-refractivity contribution in [3.05, 3.63) is 82.3 Å². The summed E-state index contributed by atoms with van der Waals surface area (Å²) in [5, 5.41) is 4.89. The molecule has 3 rings (SSSR count). The van der Waals surface area contributed by atoms with Gasteiger partial charge in [0.05, 0.1) is 4.88 Å². The second-order valence-electron chi connectivity index (χ2n) is 5.43. The second-order valence-corrected chi connectivity index (χ2v) is 7.45. The molecule has 2 nitrogen and oxygen atoms in total. The maximum atomic E-state index is 13.5. The van der Waals surface area contributed by atoms with Crippen LogP contribution in [0.2, 0.25) is 0 Å². The average Bonchev–Trinajstić information content (AvgIpc) is 3.13. The van der Waals surface area contributed by atoms with Crippen molar-refractivity contribution < 1.29 is 9.18 Å². The van der Waals surface area contributed by atoms with Gasteiger partial charge in [0.2, 0.25) is 0 Å². The molecule has 0 aliphatic heterocycles. The van der Waals surface area contributed by atoms with Gasteiger partial charge in [0.15, 0.2) is 0 Å². The van der Waals surface area contributed by atoms with Crippen molar-refractivity contribution in [2.24, 2.45) is 0 Å². The molecule has 0 saturated carbocycles. The lowest BCUT2D eigenvalue weighted by molar-refractivity contribution is 0.0961. The van der Waals surface area contributed by atoms with Gasteiger partial charge in [-0.2, -0.15) is 11.8 Å². The van der Waals surface area contributed by atoms with Gasteiger partial charge in [0, 0.05) is 23.6 Å². The molecule has 1 heterocycles. The van der Waals surface area contributed by atoms with E-state index in [9.17, 15) is 9.18 Å². The lowest BCUT2D eigenvalue weighted by Gasteiger charge is -2.07. The van der Waals surface area contributed by atoms with Gasteiger partial charge < -0.3 is 5.32 Å². The van der Waals surface area contributed by atoms with Crippen molar-refractivity contribution in [3.8, 4) is 11.1 Å². The monoisotopic (exact) mass is 371 g/mol. The molecule has 0 radical (unpaired) electrons. The Hall–Kier alpha value is -2.11. The molecule has 0 unspecified atom stereocenters. The lowest BCUT2D eigenvalue weighted by Crippen LogP contribution is -2.25. The first kappa shape index (κ1) is 17.7. The first-order chi connectivity index (χ1) is 12.3. The van der Waals surface area contributed by atoms with Crippen LogP contribution in [-0.2, 0) is 5.75 Å². The molecule has 1 aromatic heterocycles. The smallest absolute Gasteiger partial charge is 0.262 e. The van der Waals surface area contributed by atoms with E-state index < -0.39 is 0 Å². The highest BCUT2D eigenvalue weighted by molar-refractivity contribution is 7.98. The summed E-state index contributed by atoms with van der Waals surface area (Å²) in [4.78, 5) is 13.1. The number of nitrogens with one attached hydrogen (secondary N) is 1. The summed E-state index contributed by atoms with van der Waals surface area (Å²) >= 11 is 3.06. The number of carbonyl (C=O) groups is 1. The third-order valence-corrected chi connectivity index (χ3v) is 5.62. The molecule has 0 spiro atoms. The van der Waals surface area contributed by atoms with Crippen molar-refractivity contribution in [2.45, 2.75) is 5.75 Å². The Balaban J connectivity index is 1.49. The van der Waals surface area contributed by atoms with E-state index in [-0.39, 0.29) is 11.7 Å². The first-order valence-corrected chi connectivity index (χ1v) is 10.0. The molecule has 1 amide bonds. The summed E-state index contributed by atoms with van der Waals surface area (Å²) in [6.07, 6.45) is 0. The van der Waals surface area contributed by atoms with Crippen molar-refractivity contribution in [1.82, 2.24) is 5.32 Å². The van der Waals surface area contributed by atoms with Crippen molar-refractivity contribution >= 4 is 29.0 Å². The number of benzene rings is 2. The number of rotatable bonds is 7. The van der Waals surface area contributed by atoms with E-state index in [4.69, 9.17) is 0 Å². The zero-order valence-electron chi connectivity index (χ0n) is 13.6. The van der Waals surface area contributed by atoms with Gasteiger partial charge in [-0.1, -0.05) is 48.5 Å². The third-order valence-electron chi connectivity index (χ3n) is 3.70. The van der Waals surface area contributed by atoms with Gasteiger partial charge in [-0.05, 0) is 28.6 Å². The van der Waals surface area contributed by atoms with Crippen LogP contribution in [0.25, 0.3) is 11.1 Å². The zero-order chi connectivity index (χ0) is 17.5. The fourth-order valence-electron chi connectivity index (χ4n) is 2.44. The van der Waals surface area contributed by atoms with Crippen molar-refractivity contribution in [1.29, 1.82) is 0 Å². The van der Waals surface area contributed by atoms with E-state index in [1.54, 1.807) is 23.9 Å². The summed E-state index contributed by atoms with van der Waals surface area (Å²) in [5.41, 5.74) is 2.70. The van der Waals surface area contributed by atoms with Crippen LogP contribution in [-0.4, -0.2) is 18.2 Å². The Morgan fingerprint density at radius 2 is 1.80 bits per heavy atom. The maximum absolute atomic E-state index is 13.5. The Morgan fingerprint density at radius 1 is 1.04 bits per heavy atom. The summed E-state index contributed by atoms with van der Waals surface area (Å²) < 4.78 is 13.5. The number of thioether (sulfide) groups is 1. The maximum Gasteiger partial charge on any atom is 0.262 e. The molecule has 0 bridgehead atoms. The normalized spacial score (nSPS) is 10.6.